The summed E-state index contributed by atoms with van der Waals surface area (Å²) in [5.74, 6) is -0.342. The van der Waals surface area contributed by atoms with Crippen molar-refractivity contribution in [3.8, 4) is 0 Å². The van der Waals surface area contributed by atoms with Gasteiger partial charge in [-0.3, -0.25) is 0 Å². The van der Waals surface area contributed by atoms with Crippen LogP contribution in [0, 0.1) is 6.92 Å². The summed E-state index contributed by atoms with van der Waals surface area (Å²) in [6, 6.07) is 7.87. The van der Waals surface area contributed by atoms with Gasteiger partial charge in [-0.2, -0.15) is 0 Å². The predicted molar refractivity (Wildman–Crippen MR) is 62.8 cm³/mol. The molecule has 0 heterocycles. The van der Waals surface area contributed by atoms with Gasteiger partial charge in [-0.15, -0.1) is 0 Å². The van der Waals surface area contributed by atoms with Crippen LogP contribution >= 0.6 is 11.8 Å². The number of hydrogen-bond donors (Lipinski definition) is 0. The van der Waals surface area contributed by atoms with Crippen LogP contribution in [-0.4, -0.2) is 12.6 Å². The molecule has 0 spiro atoms. The maximum Gasteiger partial charge on any atom is 0.344 e. The Hall–Kier alpha value is -1.22. The molecule has 1 rings (SSSR count). The van der Waals surface area contributed by atoms with Gasteiger partial charge in [-0.05, 0) is 25.5 Å². The highest BCUT2D eigenvalue weighted by atomic mass is 32.2. The van der Waals surface area contributed by atoms with Crippen molar-refractivity contribution in [2.75, 3.05) is 6.61 Å². The van der Waals surface area contributed by atoms with Crippen molar-refractivity contribution in [2.24, 2.45) is 0 Å². The van der Waals surface area contributed by atoms with Crippen molar-refractivity contribution in [1.29, 1.82) is 0 Å². The zero-order valence-electron chi connectivity index (χ0n) is 8.95. The number of benzene rings is 1. The monoisotopic (exact) mass is 222 g/mol. The van der Waals surface area contributed by atoms with E-state index in [1.807, 2.05) is 31.2 Å². The molecule has 15 heavy (non-hydrogen) atoms. The molecule has 0 aliphatic heterocycles. The van der Waals surface area contributed by atoms with Crippen LogP contribution in [-0.2, 0) is 9.53 Å². The summed E-state index contributed by atoms with van der Waals surface area (Å²) in [6.07, 6.45) is 0. The second-order valence-corrected chi connectivity index (χ2v) is 4.15. The Balaban J connectivity index is 2.67. The van der Waals surface area contributed by atoms with Crippen LogP contribution in [0.3, 0.4) is 0 Å². The second-order valence-electron chi connectivity index (χ2n) is 3.01. The highest BCUT2D eigenvalue weighted by Crippen LogP contribution is 2.28. The molecule has 0 fully saturated rings. The van der Waals surface area contributed by atoms with Crippen LogP contribution in [0.4, 0.5) is 0 Å². The quantitative estimate of drug-likeness (QED) is 0.444. The fourth-order valence-corrected chi connectivity index (χ4v) is 1.84. The number of hydrogen-bond acceptors (Lipinski definition) is 3. The number of carbonyl (C=O) groups is 1. The van der Waals surface area contributed by atoms with E-state index in [0.29, 0.717) is 11.5 Å². The molecule has 0 atom stereocenters. The lowest BCUT2D eigenvalue weighted by molar-refractivity contribution is -0.137. The van der Waals surface area contributed by atoms with Crippen molar-refractivity contribution in [1.82, 2.24) is 0 Å². The third-order valence-electron chi connectivity index (χ3n) is 1.83. The molecule has 0 aromatic heterocycles. The summed E-state index contributed by atoms with van der Waals surface area (Å²) >= 11 is 1.35. The fourth-order valence-electron chi connectivity index (χ4n) is 1.06. The highest BCUT2D eigenvalue weighted by molar-refractivity contribution is 8.04. The lowest BCUT2D eigenvalue weighted by Crippen LogP contribution is -2.04. The number of carbonyl (C=O) groups excluding carboxylic acids is 1. The smallest absolute Gasteiger partial charge is 0.344 e. The molecular weight excluding hydrogens is 208 g/mol. The number of rotatable bonds is 4. The SMILES string of the molecule is C=C(Sc1ccccc1C)C(=O)OCC. The molecule has 2 nitrogen and oxygen atoms in total. The van der Waals surface area contributed by atoms with E-state index >= 15 is 0 Å². The minimum Gasteiger partial charge on any atom is -0.462 e. The van der Waals surface area contributed by atoms with E-state index in [4.69, 9.17) is 4.74 Å². The molecule has 0 amide bonds. The molecule has 0 saturated heterocycles. The summed E-state index contributed by atoms with van der Waals surface area (Å²) in [7, 11) is 0. The average Bonchev–Trinajstić information content (AvgIpc) is 2.21. The molecule has 1 aromatic rings. The molecule has 3 heteroatoms. The van der Waals surface area contributed by atoms with Gasteiger partial charge in [-0.25, -0.2) is 4.79 Å². The number of ether oxygens (including phenoxy) is 1. The zero-order chi connectivity index (χ0) is 11.3. The van der Waals surface area contributed by atoms with Crippen LogP contribution < -0.4 is 0 Å². The van der Waals surface area contributed by atoms with Gasteiger partial charge in [0.2, 0.25) is 0 Å². The van der Waals surface area contributed by atoms with E-state index in [0.717, 1.165) is 10.5 Å². The summed E-state index contributed by atoms with van der Waals surface area (Å²) in [5.41, 5.74) is 1.13. The first-order chi connectivity index (χ1) is 7.15. The molecule has 0 radical (unpaired) electrons. The molecule has 0 N–H and O–H groups in total. The van der Waals surface area contributed by atoms with Gasteiger partial charge in [0.25, 0.3) is 0 Å². The maximum absolute atomic E-state index is 11.3. The van der Waals surface area contributed by atoms with E-state index in [9.17, 15) is 4.79 Å². The van der Waals surface area contributed by atoms with Crippen molar-refractivity contribution in [3.05, 3.63) is 41.3 Å². The van der Waals surface area contributed by atoms with Crippen LogP contribution in [0.2, 0.25) is 0 Å². The minimum absolute atomic E-state index is 0.342. The van der Waals surface area contributed by atoms with Crippen molar-refractivity contribution in [3.63, 3.8) is 0 Å². The third kappa shape index (κ3) is 3.44. The number of aryl methyl sites for hydroxylation is 1. The molecular formula is C12H14O2S. The second kappa shape index (κ2) is 5.61. The molecule has 0 unspecified atom stereocenters. The first-order valence-electron chi connectivity index (χ1n) is 4.74. The summed E-state index contributed by atoms with van der Waals surface area (Å²) in [5, 5.41) is 0. The van der Waals surface area contributed by atoms with Crippen molar-refractivity contribution < 1.29 is 9.53 Å². The van der Waals surface area contributed by atoms with E-state index in [1.54, 1.807) is 6.92 Å². The van der Waals surface area contributed by atoms with E-state index < -0.39 is 0 Å². The Kier molecular flexibility index (Phi) is 4.43. The fraction of sp³-hybridized carbons (Fsp3) is 0.250. The van der Waals surface area contributed by atoms with Crippen LogP contribution in [0.5, 0.6) is 0 Å². The van der Waals surface area contributed by atoms with Gasteiger partial charge in [0, 0.05) is 4.90 Å². The Labute approximate surface area is 94.3 Å². The molecule has 0 saturated carbocycles. The number of esters is 1. The van der Waals surface area contributed by atoms with E-state index in [2.05, 4.69) is 6.58 Å². The summed E-state index contributed by atoms with van der Waals surface area (Å²) in [6.45, 7) is 7.86. The van der Waals surface area contributed by atoms with Gasteiger partial charge in [-0.1, -0.05) is 36.5 Å². The lowest BCUT2D eigenvalue weighted by atomic mass is 10.2. The van der Waals surface area contributed by atoms with Gasteiger partial charge < -0.3 is 4.74 Å². The molecule has 0 aliphatic rings. The standard InChI is InChI=1S/C12H14O2S/c1-4-14-12(13)10(3)15-11-8-6-5-7-9(11)2/h5-8H,3-4H2,1-2H3. The molecule has 0 bridgehead atoms. The van der Waals surface area contributed by atoms with Gasteiger partial charge in [0.1, 0.15) is 0 Å². The van der Waals surface area contributed by atoms with Crippen molar-refractivity contribution in [2.45, 2.75) is 18.7 Å². The molecule has 0 aliphatic carbocycles. The van der Waals surface area contributed by atoms with Crippen LogP contribution in [0.25, 0.3) is 0 Å². The Morgan fingerprint density at radius 2 is 2.13 bits per heavy atom. The third-order valence-corrected chi connectivity index (χ3v) is 2.92. The topological polar surface area (TPSA) is 26.3 Å². The van der Waals surface area contributed by atoms with Crippen LogP contribution in [0.1, 0.15) is 12.5 Å². The Bertz CT molecular complexity index is 372. The van der Waals surface area contributed by atoms with Gasteiger partial charge >= 0.3 is 5.97 Å². The molecule has 1 aromatic carbocycles. The first kappa shape index (κ1) is 11.9. The molecule has 80 valence electrons. The largest absolute Gasteiger partial charge is 0.462 e. The zero-order valence-corrected chi connectivity index (χ0v) is 9.76. The minimum atomic E-state index is -0.342. The van der Waals surface area contributed by atoms with Crippen LogP contribution in [0.15, 0.2) is 40.6 Å². The Morgan fingerprint density at radius 1 is 1.47 bits per heavy atom. The lowest BCUT2D eigenvalue weighted by Gasteiger charge is -2.06. The van der Waals surface area contributed by atoms with E-state index in [1.165, 1.54) is 11.8 Å². The predicted octanol–water partition coefficient (Wildman–Crippen LogP) is 3.16. The summed E-state index contributed by atoms with van der Waals surface area (Å²) < 4.78 is 4.86. The average molecular weight is 222 g/mol. The normalized spacial score (nSPS) is 9.73. The van der Waals surface area contributed by atoms with Gasteiger partial charge in [0.15, 0.2) is 0 Å². The first-order valence-corrected chi connectivity index (χ1v) is 5.56. The number of thioether (sulfide) groups is 1. The van der Waals surface area contributed by atoms with Gasteiger partial charge in [0.05, 0.1) is 11.5 Å². The highest BCUT2D eigenvalue weighted by Gasteiger charge is 2.10. The van der Waals surface area contributed by atoms with Crippen molar-refractivity contribution >= 4 is 17.7 Å². The maximum atomic E-state index is 11.3. The summed E-state index contributed by atoms with van der Waals surface area (Å²) in [4.78, 5) is 12.8. The van der Waals surface area contributed by atoms with E-state index in [-0.39, 0.29) is 5.97 Å². The Morgan fingerprint density at radius 3 is 2.73 bits per heavy atom.